The van der Waals surface area contributed by atoms with E-state index in [0.717, 1.165) is 18.7 Å². The van der Waals surface area contributed by atoms with Gasteiger partial charge in [0.1, 0.15) is 6.26 Å². The van der Waals surface area contributed by atoms with Crippen molar-refractivity contribution in [3.63, 3.8) is 0 Å². The molecule has 1 heterocycles. The van der Waals surface area contributed by atoms with Gasteiger partial charge < -0.3 is 14.5 Å². The number of nitrogens with zero attached hydrogens (tertiary/aromatic N) is 1. The number of nitrogens with one attached hydrogen (secondary N) is 1. The van der Waals surface area contributed by atoms with Crippen LogP contribution in [0, 0.1) is 0 Å². The van der Waals surface area contributed by atoms with Crippen LogP contribution in [0.15, 0.2) is 10.7 Å². The summed E-state index contributed by atoms with van der Waals surface area (Å²) >= 11 is 0. The molecule has 1 aromatic heterocycles. The predicted octanol–water partition coefficient (Wildman–Crippen LogP) is 3.91. The number of oxazole rings is 1. The molecule has 0 saturated carbocycles. The Morgan fingerprint density at radius 3 is 2.68 bits per heavy atom. The van der Waals surface area contributed by atoms with Gasteiger partial charge in [0.25, 0.3) is 0 Å². The fourth-order valence-electron chi connectivity index (χ4n) is 1.79. The van der Waals surface area contributed by atoms with Crippen LogP contribution in [0.3, 0.4) is 0 Å². The van der Waals surface area contributed by atoms with E-state index >= 15 is 0 Å². The number of ether oxygens (including phenoxy) is 1. The Morgan fingerprint density at radius 1 is 1.21 bits per heavy atom. The Kier molecular flexibility index (Phi) is 8.30. The molecule has 0 aromatic carbocycles. The Balaban J connectivity index is 2.06. The van der Waals surface area contributed by atoms with Gasteiger partial charge in [-0.25, -0.2) is 0 Å². The molecule has 110 valence electrons. The zero-order chi connectivity index (χ0) is 13.9. The van der Waals surface area contributed by atoms with Gasteiger partial charge in [-0.3, -0.25) is 0 Å². The highest BCUT2D eigenvalue weighted by molar-refractivity contribution is 4.99. The van der Waals surface area contributed by atoms with Crippen LogP contribution in [0.1, 0.15) is 65.0 Å². The first-order valence-electron chi connectivity index (χ1n) is 7.53. The van der Waals surface area contributed by atoms with Crippen molar-refractivity contribution in [3.8, 4) is 6.08 Å². The third kappa shape index (κ3) is 7.88. The van der Waals surface area contributed by atoms with Crippen molar-refractivity contribution in [2.45, 2.75) is 71.9 Å². The van der Waals surface area contributed by atoms with Crippen LogP contribution in [-0.2, 0) is 6.54 Å². The van der Waals surface area contributed by atoms with Crippen LogP contribution in [0.5, 0.6) is 6.08 Å². The van der Waals surface area contributed by atoms with E-state index in [1.54, 1.807) is 6.26 Å². The number of hydrogen-bond acceptors (Lipinski definition) is 4. The van der Waals surface area contributed by atoms with E-state index in [1.807, 2.05) is 0 Å². The molecule has 0 aliphatic carbocycles. The molecule has 0 unspecified atom stereocenters. The topological polar surface area (TPSA) is 47.3 Å². The molecule has 0 bridgehead atoms. The molecule has 0 radical (unpaired) electrons. The van der Waals surface area contributed by atoms with Crippen LogP contribution in [-0.4, -0.2) is 17.6 Å². The second-order valence-electron chi connectivity index (χ2n) is 5.26. The molecule has 19 heavy (non-hydrogen) atoms. The largest absolute Gasteiger partial charge is 0.450 e. The average molecular weight is 268 g/mol. The molecule has 0 saturated heterocycles. The SMILES string of the molecule is CCCCCCCCOc1nc(CNC(C)C)co1. The van der Waals surface area contributed by atoms with Gasteiger partial charge in [-0.1, -0.05) is 52.9 Å². The van der Waals surface area contributed by atoms with Crippen molar-refractivity contribution in [3.05, 3.63) is 12.0 Å². The quantitative estimate of drug-likeness (QED) is 0.618. The van der Waals surface area contributed by atoms with E-state index in [1.165, 1.54) is 32.1 Å². The summed E-state index contributed by atoms with van der Waals surface area (Å²) < 4.78 is 10.8. The maximum Gasteiger partial charge on any atom is 0.393 e. The average Bonchev–Trinajstić information content (AvgIpc) is 2.83. The standard InChI is InChI=1S/C15H28N2O2/c1-4-5-6-7-8-9-10-18-15-17-14(12-19-15)11-16-13(2)3/h12-13,16H,4-11H2,1-3H3. The zero-order valence-electron chi connectivity index (χ0n) is 12.6. The molecule has 0 aliphatic rings. The van der Waals surface area contributed by atoms with Gasteiger partial charge in [0.2, 0.25) is 0 Å². The lowest BCUT2D eigenvalue weighted by atomic mass is 10.1. The maximum absolute atomic E-state index is 5.49. The van der Waals surface area contributed by atoms with Crippen LogP contribution in [0.4, 0.5) is 0 Å². The first-order chi connectivity index (χ1) is 9.22. The summed E-state index contributed by atoms with van der Waals surface area (Å²) in [5.41, 5.74) is 0.895. The number of aromatic nitrogens is 1. The van der Waals surface area contributed by atoms with Crippen molar-refractivity contribution < 1.29 is 9.15 Å². The van der Waals surface area contributed by atoms with E-state index in [-0.39, 0.29) is 0 Å². The third-order valence-electron chi connectivity index (χ3n) is 2.95. The lowest BCUT2D eigenvalue weighted by Crippen LogP contribution is -2.21. The summed E-state index contributed by atoms with van der Waals surface area (Å²) in [5, 5.41) is 3.29. The number of unbranched alkanes of at least 4 members (excludes halogenated alkanes) is 5. The predicted molar refractivity (Wildman–Crippen MR) is 77.3 cm³/mol. The van der Waals surface area contributed by atoms with Crippen LogP contribution in [0.25, 0.3) is 0 Å². The van der Waals surface area contributed by atoms with Gasteiger partial charge in [-0.05, 0) is 6.42 Å². The second-order valence-corrected chi connectivity index (χ2v) is 5.26. The monoisotopic (exact) mass is 268 g/mol. The number of hydrogen-bond donors (Lipinski definition) is 1. The van der Waals surface area contributed by atoms with Crippen molar-refractivity contribution in [1.29, 1.82) is 0 Å². The Hall–Kier alpha value is -1.03. The molecule has 0 atom stereocenters. The third-order valence-corrected chi connectivity index (χ3v) is 2.95. The minimum Gasteiger partial charge on any atom is -0.450 e. The summed E-state index contributed by atoms with van der Waals surface area (Å²) in [4.78, 5) is 4.28. The van der Waals surface area contributed by atoms with Crippen LogP contribution >= 0.6 is 0 Å². The summed E-state index contributed by atoms with van der Waals surface area (Å²) in [5.74, 6) is 0. The van der Waals surface area contributed by atoms with Gasteiger partial charge in [0.15, 0.2) is 0 Å². The molecule has 0 spiro atoms. The van der Waals surface area contributed by atoms with E-state index in [2.05, 4.69) is 31.1 Å². The molecule has 4 heteroatoms. The highest BCUT2D eigenvalue weighted by atomic mass is 16.6. The molecule has 0 fully saturated rings. The molecule has 1 aromatic rings. The van der Waals surface area contributed by atoms with Crippen molar-refractivity contribution >= 4 is 0 Å². The lowest BCUT2D eigenvalue weighted by molar-refractivity contribution is 0.224. The molecule has 4 nitrogen and oxygen atoms in total. The second kappa shape index (κ2) is 9.84. The van der Waals surface area contributed by atoms with Gasteiger partial charge >= 0.3 is 6.08 Å². The summed E-state index contributed by atoms with van der Waals surface area (Å²) in [6, 6.07) is 0.448. The van der Waals surface area contributed by atoms with E-state index in [0.29, 0.717) is 18.7 Å². The van der Waals surface area contributed by atoms with Crippen LogP contribution in [0.2, 0.25) is 0 Å². The summed E-state index contributed by atoms with van der Waals surface area (Å²) in [7, 11) is 0. The Labute approximate surface area is 116 Å². The smallest absolute Gasteiger partial charge is 0.393 e. The molecular formula is C15H28N2O2. The van der Waals surface area contributed by atoms with Gasteiger partial charge in [0, 0.05) is 12.6 Å². The highest BCUT2D eigenvalue weighted by Crippen LogP contribution is 2.11. The highest BCUT2D eigenvalue weighted by Gasteiger charge is 2.05. The molecule has 1 rings (SSSR count). The van der Waals surface area contributed by atoms with Gasteiger partial charge in [-0.2, -0.15) is 4.98 Å². The van der Waals surface area contributed by atoms with Crippen molar-refractivity contribution in [2.75, 3.05) is 6.61 Å². The Bertz CT molecular complexity index is 324. The normalized spacial score (nSPS) is 11.2. The first-order valence-corrected chi connectivity index (χ1v) is 7.53. The molecular weight excluding hydrogens is 240 g/mol. The summed E-state index contributed by atoms with van der Waals surface area (Å²) in [6.45, 7) is 7.87. The zero-order valence-corrected chi connectivity index (χ0v) is 12.6. The van der Waals surface area contributed by atoms with E-state index < -0.39 is 0 Å². The first kappa shape index (κ1) is 16.0. The minimum atomic E-state index is 0.397. The molecule has 0 aliphatic heterocycles. The Morgan fingerprint density at radius 2 is 1.95 bits per heavy atom. The van der Waals surface area contributed by atoms with Crippen molar-refractivity contribution in [2.24, 2.45) is 0 Å². The molecule has 1 N–H and O–H groups in total. The molecule has 0 amide bonds. The van der Waals surface area contributed by atoms with Crippen LogP contribution < -0.4 is 10.1 Å². The van der Waals surface area contributed by atoms with E-state index in [4.69, 9.17) is 9.15 Å². The minimum absolute atomic E-state index is 0.397. The lowest BCUT2D eigenvalue weighted by Gasteiger charge is -2.04. The van der Waals surface area contributed by atoms with E-state index in [9.17, 15) is 0 Å². The maximum atomic E-state index is 5.49. The fraction of sp³-hybridized carbons (Fsp3) is 0.800. The number of rotatable bonds is 11. The van der Waals surface area contributed by atoms with Crippen molar-refractivity contribution in [1.82, 2.24) is 10.3 Å². The summed E-state index contributed by atoms with van der Waals surface area (Å²) in [6.07, 6.45) is 9.62. The van der Waals surface area contributed by atoms with Gasteiger partial charge in [-0.15, -0.1) is 0 Å². The fourth-order valence-corrected chi connectivity index (χ4v) is 1.79. The van der Waals surface area contributed by atoms with Gasteiger partial charge in [0.05, 0.1) is 12.3 Å².